The number of amides is 1. The van der Waals surface area contributed by atoms with E-state index in [1.165, 1.54) is 0 Å². The van der Waals surface area contributed by atoms with Crippen LogP contribution in [0, 0.1) is 0 Å². The number of hydrogen-bond acceptors (Lipinski definition) is 3. The van der Waals surface area contributed by atoms with Gasteiger partial charge in [-0.3, -0.25) is 4.79 Å². The molecule has 1 atom stereocenters. The van der Waals surface area contributed by atoms with Crippen LogP contribution in [0.3, 0.4) is 0 Å². The van der Waals surface area contributed by atoms with Crippen LogP contribution in [-0.4, -0.2) is 36.5 Å². The Kier molecular flexibility index (Phi) is 3.98. The number of carbonyl (C=O) groups excluding carboxylic acids is 1. The Hall–Kier alpha value is -1.55. The van der Waals surface area contributed by atoms with E-state index >= 15 is 0 Å². The van der Waals surface area contributed by atoms with Crippen LogP contribution in [0.25, 0.3) is 6.08 Å². The molecule has 0 radical (unpaired) electrons. The number of hydrogen-bond donors (Lipinski definition) is 1. The molecule has 4 heteroatoms. The summed E-state index contributed by atoms with van der Waals surface area (Å²) in [6.45, 7) is 4.65. The molecule has 92 valence electrons. The second-order valence-corrected chi connectivity index (χ2v) is 4.12. The van der Waals surface area contributed by atoms with Crippen molar-refractivity contribution in [1.82, 2.24) is 10.2 Å². The molecular formula is C13H18N2O2. The molecule has 1 aromatic rings. The van der Waals surface area contributed by atoms with Gasteiger partial charge in [0.25, 0.3) is 0 Å². The van der Waals surface area contributed by atoms with Crippen molar-refractivity contribution >= 4 is 12.0 Å². The molecule has 2 heterocycles. The van der Waals surface area contributed by atoms with Gasteiger partial charge >= 0.3 is 0 Å². The molecule has 1 saturated heterocycles. The van der Waals surface area contributed by atoms with Gasteiger partial charge in [-0.05, 0) is 38.1 Å². The Morgan fingerprint density at radius 3 is 3.18 bits per heavy atom. The zero-order valence-corrected chi connectivity index (χ0v) is 10.1. The summed E-state index contributed by atoms with van der Waals surface area (Å²) in [6.07, 6.45) is 5.94. The monoisotopic (exact) mass is 234 g/mol. The maximum absolute atomic E-state index is 12.0. The van der Waals surface area contributed by atoms with E-state index in [1.54, 1.807) is 18.4 Å². The summed E-state index contributed by atoms with van der Waals surface area (Å²) in [4.78, 5) is 13.9. The van der Waals surface area contributed by atoms with Gasteiger partial charge in [-0.1, -0.05) is 0 Å². The van der Waals surface area contributed by atoms with Gasteiger partial charge in [0.2, 0.25) is 5.91 Å². The van der Waals surface area contributed by atoms with Crippen LogP contribution in [0.4, 0.5) is 0 Å². The fourth-order valence-electron chi connectivity index (χ4n) is 2.13. The second-order valence-electron chi connectivity index (χ2n) is 4.12. The molecule has 4 nitrogen and oxygen atoms in total. The summed E-state index contributed by atoms with van der Waals surface area (Å²) in [5.41, 5.74) is 0. The summed E-state index contributed by atoms with van der Waals surface area (Å²) in [5, 5.41) is 3.28. The maximum atomic E-state index is 12.0. The largest absolute Gasteiger partial charge is 0.465 e. The molecule has 1 aliphatic heterocycles. The summed E-state index contributed by atoms with van der Waals surface area (Å²) >= 11 is 0. The average Bonchev–Trinajstić information content (AvgIpc) is 3.00. The van der Waals surface area contributed by atoms with Gasteiger partial charge in [-0.25, -0.2) is 0 Å². The van der Waals surface area contributed by atoms with Crippen molar-refractivity contribution in [3.63, 3.8) is 0 Å². The summed E-state index contributed by atoms with van der Waals surface area (Å²) < 4.78 is 5.15. The number of rotatable bonds is 4. The fourth-order valence-corrected chi connectivity index (χ4v) is 2.13. The first kappa shape index (κ1) is 11.9. The summed E-state index contributed by atoms with van der Waals surface area (Å²) in [7, 11) is 0. The van der Waals surface area contributed by atoms with Crippen molar-refractivity contribution in [1.29, 1.82) is 0 Å². The molecule has 1 N–H and O–H groups in total. The predicted octanol–water partition coefficient (Wildman–Crippen LogP) is 1.50. The van der Waals surface area contributed by atoms with E-state index in [0.29, 0.717) is 11.8 Å². The van der Waals surface area contributed by atoms with Gasteiger partial charge in [-0.15, -0.1) is 0 Å². The van der Waals surface area contributed by atoms with E-state index in [-0.39, 0.29) is 5.91 Å². The summed E-state index contributed by atoms with van der Waals surface area (Å²) in [5.74, 6) is 0.761. The average molecular weight is 234 g/mol. The highest BCUT2D eigenvalue weighted by Gasteiger charge is 2.23. The molecule has 0 aromatic carbocycles. The number of nitrogens with zero attached hydrogens (tertiary/aromatic N) is 1. The van der Waals surface area contributed by atoms with Crippen LogP contribution in [0.2, 0.25) is 0 Å². The predicted molar refractivity (Wildman–Crippen MR) is 66.4 cm³/mol. The first-order chi connectivity index (χ1) is 8.31. The standard InChI is InChI=1S/C13H18N2O2/c1-2-15(11-7-8-14-10-11)13(16)6-5-12-4-3-9-17-12/h3-6,9,11,14H,2,7-8,10H2,1H3. The molecule has 2 rings (SSSR count). The van der Waals surface area contributed by atoms with E-state index in [0.717, 1.165) is 26.1 Å². The Labute approximate surface area is 101 Å². The van der Waals surface area contributed by atoms with Crippen LogP contribution in [0.15, 0.2) is 28.9 Å². The van der Waals surface area contributed by atoms with Crippen LogP contribution in [-0.2, 0) is 4.79 Å². The lowest BCUT2D eigenvalue weighted by atomic mass is 10.2. The molecule has 0 aliphatic carbocycles. The molecule has 1 amide bonds. The molecule has 0 saturated carbocycles. The van der Waals surface area contributed by atoms with E-state index < -0.39 is 0 Å². The number of furan rings is 1. The van der Waals surface area contributed by atoms with Crippen molar-refractivity contribution in [3.05, 3.63) is 30.2 Å². The third-order valence-electron chi connectivity index (χ3n) is 3.03. The van der Waals surface area contributed by atoms with Gasteiger partial charge in [0.05, 0.1) is 6.26 Å². The van der Waals surface area contributed by atoms with E-state index in [4.69, 9.17) is 4.42 Å². The third kappa shape index (κ3) is 2.97. The highest BCUT2D eigenvalue weighted by atomic mass is 16.3. The van der Waals surface area contributed by atoms with E-state index in [1.807, 2.05) is 24.0 Å². The topological polar surface area (TPSA) is 45.5 Å². The quantitative estimate of drug-likeness (QED) is 0.803. The molecule has 1 aromatic heterocycles. The van der Waals surface area contributed by atoms with E-state index in [2.05, 4.69) is 5.32 Å². The number of nitrogens with one attached hydrogen (secondary N) is 1. The fraction of sp³-hybridized carbons (Fsp3) is 0.462. The zero-order valence-electron chi connectivity index (χ0n) is 10.1. The van der Waals surface area contributed by atoms with Crippen molar-refractivity contribution < 1.29 is 9.21 Å². The molecule has 0 bridgehead atoms. The lowest BCUT2D eigenvalue weighted by molar-refractivity contribution is -0.127. The van der Waals surface area contributed by atoms with Crippen LogP contribution >= 0.6 is 0 Å². The zero-order chi connectivity index (χ0) is 12.1. The molecule has 17 heavy (non-hydrogen) atoms. The second kappa shape index (κ2) is 5.68. The summed E-state index contributed by atoms with van der Waals surface area (Å²) in [6, 6.07) is 3.97. The first-order valence-electron chi connectivity index (χ1n) is 6.04. The third-order valence-corrected chi connectivity index (χ3v) is 3.03. The maximum Gasteiger partial charge on any atom is 0.246 e. The van der Waals surface area contributed by atoms with Crippen molar-refractivity contribution in [2.75, 3.05) is 19.6 Å². The van der Waals surface area contributed by atoms with Crippen molar-refractivity contribution in [2.45, 2.75) is 19.4 Å². The Bertz CT molecular complexity index is 378. The van der Waals surface area contributed by atoms with Gasteiger partial charge in [0.1, 0.15) is 5.76 Å². The lowest BCUT2D eigenvalue weighted by Crippen LogP contribution is -2.40. The lowest BCUT2D eigenvalue weighted by Gasteiger charge is -2.25. The molecular weight excluding hydrogens is 216 g/mol. The normalized spacial score (nSPS) is 19.9. The molecule has 1 fully saturated rings. The Morgan fingerprint density at radius 2 is 2.59 bits per heavy atom. The van der Waals surface area contributed by atoms with Gasteiger partial charge in [0, 0.05) is 25.2 Å². The minimum Gasteiger partial charge on any atom is -0.465 e. The van der Waals surface area contributed by atoms with E-state index in [9.17, 15) is 4.79 Å². The SMILES string of the molecule is CCN(C(=O)C=Cc1ccco1)C1CCNC1. The van der Waals surface area contributed by atoms with Crippen molar-refractivity contribution in [2.24, 2.45) is 0 Å². The van der Waals surface area contributed by atoms with Crippen LogP contribution in [0.5, 0.6) is 0 Å². The molecule has 1 aliphatic rings. The van der Waals surface area contributed by atoms with Gasteiger partial charge < -0.3 is 14.6 Å². The van der Waals surface area contributed by atoms with Gasteiger partial charge in [0.15, 0.2) is 0 Å². The number of carbonyl (C=O) groups is 1. The minimum absolute atomic E-state index is 0.0533. The highest BCUT2D eigenvalue weighted by Crippen LogP contribution is 2.10. The Balaban J connectivity index is 1.97. The van der Waals surface area contributed by atoms with Crippen LogP contribution < -0.4 is 5.32 Å². The minimum atomic E-state index is 0.0533. The molecule has 1 unspecified atom stereocenters. The number of likely N-dealkylation sites (N-methyl/N-ethyl adjacent to an activating group) is 1. The molecule has 0 spiro atoms. The van der Waals surface area contributed by atoms with Gasteiger partial charge in [-0.2, -0.15) is 0 Å². The van der Waals surface area contributed by atoms with Crippen LogP contribution in [0.1, 0.15) is 19.1 Å². The highest BCUT2D eigenvalue weighted by molar-refractivity contribution is 5.91. The smallest absolute Gasteiger partial charge is 0.246 e. The first-order valence-corrected chi connectivity index (χ1v) is 6.04. The Morgan fingerprint density at radius 1 is 1.71 bits per heavy atom. The van der Waals surface area contributed by atoms with Crippen molar-refractivity contribution in [3.8, 4) is 0 Å².